The predicted octanol–water partition coefficient (Wildman–Crippen LogP) is -2.59. The topological polar surface area (TPSA) is 0 Å². The molecule has 4 heavy (non-hydrogen) atoms. The monoisotopic (exact) mass is 78.0 g/mol. The second kappa shape index (κ2) is 8.82. The summed E-state index contributed by atoms with van der Waals surface area (Å²) in [4.78, 5) is 0. The van der Waals surface area contributed by atoms with Gasteiger partial charge in [-0.05, 0) is 0 Å². The van der Waals surface area contributed by atoms with Crippen LogP contribution >= 0.6 is 0 Å². The summed E-state index contributed by atoms with van der Waals surface area (Å²) in [6.45, 7) is 3.14. The molecule has 0 aromatic rings. The first-order chi connectivity index (χ1) is 1.41. The average Bonchev–Trinajstić information content (AvgIpc) is 0.918. The Hall–Kier alpha value is 1.44. The van der Waals surface area contributed by atoms with Crippen LogP contribution < -0.4 is 51.4 Å². The van der Waals surface area contributed by atoms with Gasteiger partial charge in [-0.1, -0.05) is 0 Å². The third kappa shape index (κ3) is 9.87. The van der Waals surface area contributed by atoms with Crippen molar-refractivity contribution in [3.05, 3.63) is 12.6 Å². The molecule has 0 rings (SSSR count). The Bertz CT molecular complexity index is 17.1. The molecule has 0 heterocycles. The molecular weight excluding hydrogens is 73.9 g/mol. The summed E-state index contributed by atoms with van der Waals surface area (Å²) in [6.07, 6.45) is 0. The van der Waals surface area contributed by atoms with Gasteiger partial charge in [0.2, 0.25) is 0 Å². The molecule has 0 amide bonds. The molecule has 0 bridgehead atoms. The van der Waals surface area contributed by atoms with Gasteiger partial charge in [0.05, 0.1) is 0 Å². The summed E-state index contributed by atoms with van der Waals surface area (Å²) in [5.41, 5.74) is 0. The van der Waals surface area contributed by atoms with Crippen LogP contribution in [-0.4, -0.2) is 7.85 Å². The fraction of sp³-hybridized carbons (Fsp3) is 0. The fourth-order valence-electron chi connectivity index (χ4n) is 0. The van der Waals surface area contributed by atoms with Crippen molar-refractivity contribution in [1.29, 1.82) is 0 Å². The van der Waals surface area contributed by atoms with Gasteiger partial charge >= 0.3 is 51.4 Å². The van der Waals surface area contributed by atoms with Gasteiger partial charge in [0.1, 0.15) is 7.85 Å². The molecule has 0 aliphatic rings. The van der Waals surface area contributed by atoms with Crippen LogP contribution in [0.4, 0.5) is 0 Å². The Kier molecular flexibility index (Phi) is 20.0. The van der Waals surface area contributed by atoms with E-state index in [9.17, 15) is 0 Å². The van der Waals surface area contributed by atoms with Crippen LogP contribution in [0, 0.1) is 0 Å². The second-order valence-electron chi connectivity index (χ2n) is 0.236. The van der Waals surface area contributed by atoms with Crippen molar-refractivity contribution in [2.45, 2.75) is 0 Å². The van der Waals surface area contributed by atoms with Crippen LogP contribution in [-0.2, 0) is 0 Å². The van der Waals surface area contributed by atoms with Crippen molar-refractivity contribution >= 4 is 7.85 Å². The van der Waals surface area contributed by atoms with Gasteiger partial charge < -0.3 is 1.43 Å². The summed E-state index contributed by atoms with van der Waals surface area (Å²) in [5.74, 6) is 1.25. The fourth-order valence-corrected chi connectivity index (χ4v) is 0. The number of rotatable bonds is 0. The second-order valence-corrected chi connectivity index (χ2v) is 0.236. The molecule has 0 nitrogen and oxygen atoms in total. The smallest absolute Gasteiger partial charge is 1.00 e. The van der Waals surface area contributed by atoms with Crippen LogP contribution in [0.2, 0.25) is 0 Å². The Morgan fingerprint density at radius 3 is 2.00 bits per heavy atom. The summed E-state index contributed by atoms with van der Waals surface area (Å²) < 4.78 is 0. The van der Waals surface area contributed by atoms with E-state index in [-0.39, 0.29) is 52.8 Å². The van der Waals surface area contributed by atoms with Crippen LogP contribution in [0.25, 0.3) is 0 Å². The maximum absolute atomic E-state index is 4.61. The van der Waals surface area contributed by atoms with Gasteiger partial charge in [0.25, 0.3) is 0 Å². The molecule has 0 saturated carbocycles. The van der Waals surface area contributed by atoms with Crippen LogP contribution in [0.15, 0.2) is 12.6 Å². The zero-order valence-corrected chi connectivity index (χ0v) is 5.98. The maximum atomic E-state index is 4.61. The van der Waals surface area contributed by atoms with Gasteiger partial charge in [-0.15, -0.1) is 12.6 Å². The van der Waals surface area contributed by atoms with Crippen LogP contribution in [0.1, 0.15) is 1.43 Å². The SMILES string of the molecule is [B]C=C.[H-].[K+]. The molecule has 2 heteroatoms. The van der Waals surface area contributed by atoms with E-state index in [1.54, 1.807) is 0 Å². The predicted molar refractivity (Wildman–Crippen MR) is 17.1 cm³/mol. The molecule has 0 aromatic heterocycles. The summed E-state index contributed by atoms with van der Waals surface area (Å²) >= 11 is 0. The van der Waals surface area contributed by atoms with E-state index in [0.717, 1.165) is 0 Å². The third-order valence-corrected chi connectivity index (χ3v) is 0. The molecule has 0 aliphatic carbocycles. The van der Waals surface area contributed by atoms with Crippen LogP contribution in [0.3, 0.4) is 0 Å². The van der Waals surface area contributed by atoms with E-state index in [1.807, 2.05) is 0 Å². The van der Waals surface area contributed by atoms with E-state index in [1.165, 1.54) is 5.98 Å². The van der Waals surface area contributed by atoms with Gasteiger partial charge in [-0.3, -0.25) is 0 Å². The first-order valence-corrected chi connectivity index (χ1v) is 0.742. The molecule has 16 valence electrons. The zero-order chi connectivity index (χ0) is 2.71. The minimum Gasteiger partial charge on any atom is -1.00 e. The number of hydrogen-bond donors (Lipinski definition) is 0. The van der Waals surface area contributed by atoms with E-state index in [4.69, 9.17) is 0 Å². The van der Waals surface area contributed by atoms with Gasteiger partial charge in [-0.2, -0.15) is 0 Å². The molecule has 0 unspecified atom stereocenters. The average molecular weight is 78.0 g/mol. The van der Waals surface area contributed by atoms with E-state index in [0.29, 0.717) is 0 Å². The van der Waals surface area contributed by atoms with Crippen molar-refractivity contribution in [1.82, 2.24) is 0 Å². The zero-order valence-electron chi connectivity index (χ0n) is 3.86. The van der Waals surface area contributed by atoms with E-state index in [2.05, 4.69) is 14.4 Å². The van der Waals surface area contributed by atoms with E-state index >= 15 is 0 Å². The first kappa shape index (κ1) is 9.06. The van der Waals surface area contributed by atoms with Gasteiger partial charge in [-0.25, -0.2) is 0 Å². The quantitative estimate of drug-likeness (QED) is 0.279. The first-order valence-electron chi connectivity index (χ1n) is 0.742. The summed E-state index contributed by atoms with van der Waals surface area (Å²) in [7, 11) is 4.61. The van der Waals surface area contributed by atoms with E-state index < -0.39 is 0 Å². The minimum absolute atomic E-state index is 0. The van der Waals surface area contributed by atoms with Gasteiger partial charge in [0, 0.05) is 0 Å². The molecule has 2 radical (unpaired) electrons. The Morgan fingerprint density at radius 2 is 2.00 bits per heavy atom. The van der Waals surface area contributed by atoms with Crippen molar-refractivity contribution in [2.24, 2.45) is 0 Å². The standard InChI is InChI=1S/C2H3B.K.H/c1-2-3;;/h2H,1H2;;/q;+1;-1. The Morgan fingerprint density at radius 1 is 2.00 bits per heavy atom. The van der Waals surface area contributed by atoms with Crippen molar-refractivity contribution in [3.8, 4) is 0 Å². The van der Waals surface area contributed by atoms with Gasteiger partial charge in [0.15, 0.2) is 0 Å². The minimum atomic E-state index is 0. The normalized spacial score (nSPS) is 3.00. The Labute approximate surface area is 72.0 Å². The molecule has 0 N–H and O–H groups in total. The third-order valence-electron chi connectivity index (χ3n) is 0. The summed E-state index contributed by atoms with van der Waals surface area (Å²) in [6, 6.07) is 0. The molecular formula is C2H4BK. The summed E-state index contributed by atoms with van der Waals surface area (Å²) in [5, 5.41) is 0. The molecule has 0 aliphatic heterocycles. The molecule has 0 fully saturated rings. The van der Waals surface area contributed by atoms with Crippen molar-refractivity contribution in [3.63, 3.8) is 0 Å². The Balaban J connectivity index is -0.0000000200. The largest absolute Gasteiger partial charge is 1.00 e. The molecule has 0 atom stereocenters. The van der Waals surface area contributed by atoms with Crippen molar-refractivity contribution < 1.29 is 52.8 Å². The molecule has 0 spiro atoms. The number of hydrogen-bond acceptors (Lipinski definition) is 0. The molecule has 0 aromatic carbocycles. The van der Waals surface area contributed by atoms with Crippen molar-refractivity contribution in [2.75, 3.05) is 0 Å². The van der Waals surface area contributed by atoms with Crippen LogP contribution in [0.5, 0.6) is 0 Å². The maximum Gasteiger partial charge on any atom is 1.00 e. The molecule has 0 saturated heterocycles.